The van der Waals surface area contributed by atoms with Gasteiger partial charge in [-0.3, -0.25) is 4.90 Å². The van der Waals surface area contributed by atoms with Gasteiger partial charge in [0.1, 0.15) is 0 Å². The first kappa shape index (κ1) is 12.1. The van der Waals surface area contributed by atoms with Gasteiger partial charge in [0.15, 0.2) is 0 Å². The number of ether oxygens (including phenoxy) is 1. The third-order valence-corrected chi connectivity index (χ3v) is 3.58. The predicted octanol–water partition coefficient (Wildman–Crippen LogP) is 1.26. The van der Waals surface area contributed by atoms with E-state index >= 15 is 0 Å². The molecule has 92 valence electrons. The smallest absolute Gasteiger partial charge is 0.0468 e. The molecule has 0 atom stereocenters. The Morgan fingerprint density at radius 3 is 2.62 bits per heavy atom. The number of hydrogen-bond acceptors (Lipinski definition) is 3. The van der Waals surface area contributed by atoms with Crippen LogP contribution in [0.3, 0.4) is 0 Å². The third-order valence-electron chi connectivity index (χ3n) is 3.58. The molecule has 2 saturated heterocycles. The second-order valence-corrected chi connectivity index (χ2v) is 5.04. The van der Waals surface area contributed by atoms with Crippen molar-refractivity contribution in [1.82, 2.24) is 10.2 Å². The fraction of sp³-hybridized carbons (Fsp3) is 0.846. The van der Waals surface area contributed by atoms with Crippen molar-refractivity contribution >= 4 is 0 Å². The van der Waals surface area contributed by atoms with Crippen LogP contribution in [0.25, 0.3) is 0 Å². The number of rotatable bonds is 4. The van der Waals surface area contributed by atoms with Gasteiger partial charge in [-0.1, -0.05) is 12.2 Å². The molecule has 0 bridgehead atoms. The molecule has 0 aromatic heterocycles. The molecule has 2 fully saturated rings. The van der Waals surface area contributed by atoms with Crippen molar-refractivity contribution in [2.45, 2.75) is 19.3 Å². The fourth-order valence-electron chi connectivity index (χ4n) is 2.61. The van der Waals surface area contributed by atoms with E-state index < -0.39 is 0 Å². The zero-order valence-electron chi connectivity index (χ0n) is 10.2. The molecule has 2 heterocycles. The van der Waals surface area contributed by atoms with Gasteiger partial charge >= 0.3 is 0 Å². The Hall–Kier alpha value is -0.380. The van der Waals surface area contributed by atoms with Crippen LogP contribution in [0.15, 0.2) is 12.2 Å². The minimum atomic E-state index is 0.823. The van der Waals surface area contributed by atoms with E-state index in [2.05, 4.69) is 16.8 Å². The van der Waals surface area contributed by atoms with E-state index in [1.165, 1.54) is 37.9 Å². The first-order valence-electron chi connectivity index (χ1n) is 6.52. The maximum Gasteiger partial charge on any atom is 0.0468 e. The molecule has 0 spiro atoms. The van der Waals surface area contributed by atoms with Crippen molar-refractivity contribution in [3.05, 3.63) is 12.2 Å². The van der Waals surface area contributed by atoms with Gasteiger partial charge in [0, 0.05) is 45.9 Å². The lowest BCUT2D eigenvalue weighted by molar-refractivity contribution is 0.0659. The normalized spacial score (nSPS) is 24.5. The Balaban J connectivity index is 1.66. The van der Waals surface area contributed by atoms with Crippen molar-refractivity contribution in [2.24, 2.45) is 5.92 Å². The minimum absolute atomic E-state index is 0.823. The Bertz CT molecular complexity index is 196. The van der Waals surface area contributed by atoms with Gasteiger partial charge in [0.2, 0.25) is 0 Å². The van der Waals surface area contributed by atoms with Crippen LogP contribution in [0, 0.1) is 5.92 Å². The zero-order valence-corrected chi connectivity index (χ0v) is 10.2. The zero-order chi connectivity index (χ0) is 11.2. The van der Waals surface area contributed by atoms with Crippen molar-refractivity contribution in [3.8, 4) is 0 Å². The van der Waals surface area contributed by atoms with Gasteiger partial charge in [0.25, 0.3) is 0 Å². The molecule has 3 nitrogen and oxygen atoms in total. The van der Waals surface area contributed by atoms with Crippen molar-refractivity contribution in [2.75, 3.05) is 45.9 Å². The van der Waals surface area contributed by atoms with E-state index in [1.807, 2.05) is 0 Å². The van der Waals surface area contributed by atoms with Gasteiger partial charge in [-0.25, -0.2) is 0 Å². The van der Waals surface area contributed by atoms with Crippen LogP contribution in [0.5, 0.6) is 0 Å². The summed E-state index contributed by atoms with van der Waals surface area (Å²) in [6, 6.07) is 0. The Kier molecular flexibility index (Phi) is 4.82. The van der Waals surface area contributed by atoms with E-state index in [4.69, 9.17) is 4.74 Å². The molecule has 0 amide bonds. The summed E-state index contributed by atoms with van der Waals surface area (Å²) < 4.78 is 5.38. The Morgan fingerprint density at radius 1 is 1.25 bits per heavy atom. The lowest BCUT2D eigenvalue weighted by Crippen LogP contribution is -2.44. The van der Waals surface area contributed by atoms with Crippen LogP contribution in [0.1, 0.15) is 19.3 Å². The van der Waals surface area contributed by atoms with E-state index in [0.717, 1.165) is 38.8 Å². The molecule has 1 N–H and O–H groups in total. The van der Waals surface area contributed by atoms with Crippen LogP contribution in [0.2, 0.25) is 0 Å². The van der Waals surface area contributed by atoms with E-state index in [9.17, 15) is 0 Å². The summed E-state index contributed by atoms with van der Waals surface area (Å²) >= 11 is 0. The first-order chi connectivity index (χ1) is 7.84. The standard InChI is InChI=1S/C13H24N2O/c1-12(10-13-2-8-16-9-3-13)11-15-6-4-14-5-7-15/h13-14H,1-11H2. The molecule has 0 aromatic rings. The molecule has 2 aliphatic heterocycles. The average molecular weight is 224 g/mol. The van der Waals surface area contributed by atoms with Crippen LogP contribution >= 0.6 is 0 Å². The number of piperazine rings is 1. The molecule has 2 rings (SSSR count). The third kappa shape index (κ3) is 3.89. The van der Waals surface area contributed by atoms with Crippen molar-refractivity contribution in [3.63, 3.8) is 0 Å². The second-order valence-electron chi connectivity index (χ2n) is 5.04. The molecular weight excluding hydrogens is 200 g/mol. The molecule has 0 radical (unpaired) electrons. The largest absolute Gasteiger partial charge is 0.381 e. The highest BCUT2D eigenvalue weighted by atomic mass is 16.5. The van der Waals surface area contributed by atoms with Gasteiger partial charge in [-0.05, 0) is 25.2 Å². The molecule has 0 aromatic carbocycles. The Labute approximate surface area is 98.8 Å². The quantitative estimate of drug-likeness (QED) is 0.728. The lowest BCUT2D eigenvalue weighted by Gasteiger charge is -2.29. The summed E-state index contributed by atoms with van der Waals surface area (Å²) in [5.74, 6) is 0.823. The summed E-state index contributed by atoms with van der Waals surface area (Å²) in [6.07, 6.45) is 3.65. The highest BCUT2D eigenvalue weighted by Gasteiger charge is 2.16. The van der Waals surface area contributed by atoms with Crippen LogP contribution < -0.4 is 5.32 Å². The number of hydrogen-bond donors (Lipinski definition) is 1. The second kappa shape index (κ2) is 6.38. The van der Waals surface area contributed by atoms with E-state index in [-0.39, 0.29) is 0 Å². The molecule has 0 unspecified atom stereocenters. The van der Waals surface area contributed by atoms with E-state index in [0.29, 0.717) is 0 Å². The van der Waals surface area contributed by atoms with Crippen molar-refractivity contribution in [1.29, 1.82) is 0 Å². The van der Waals surface area contributed by atoms with Crippen LogP contribution in [-0.4, -0.2) is 50.8 Å². The number of nitrogens with one attached hydrogen (secondary N) is 1. The van der Waals surface area contributed by atoms with Crippen LogP contribution in [0.4, 0.5) is 0 Å². The molecule has 0 saturated carbocycles. The summed E-state index contributed by atoms with van der Waals surface area (Å²) in [5.41, 5.74) is 1.41. The van der Waals surface area contributed by atoms with Gasteiger partial charge < -0.3 is 10.1 Å². The molecule has 2 aliphatic rings. The average Bonchev–Trinajstić information content (AvgIpc) is 2.31. The SMILES string of the molecule is C=C(CC1CCOCC1)CN1CCNCC1. The molecule has 3 heteroatoms. The monoisotopic (exact) mass is 224 g/mol. The summed E-state index contributed by atoms with van der Waals surface area (Å²) in [6.45, 7) is 11.8. The van der Waals surface area contributed by atoms with Crippen LogP contribution in [-0.2, 0) is 4.74 Å². The van der Waals surface area contributed by atoms with Gasteiger partial charge in [-0.2, -0.15) is 0 Å². The van der Waals surface area contributed by atoms with Gasteiger partial charge in [-0.15, -0.1) is 0 Å². The highest BCUT2D eigenvalue weighted by molar-refractivity contribution is 4.99. The topological polar surface area (TPSA) is 24.5 Å². The number of nitrogens with zero attached hydrogens (tertiary/aromatic N) is 1. The minimum Gasteiger partial charge on any atom is -0.381 e. The maximum absolute atomic E-state index is 5.38. The molecule has 0 aliphatic carbocycles. The highest BCUT2D eigenvalue weighted by Crippen LogP contribution is 2.22. The molecular formula is C13H24N2O. The lowest BCUT2D eigenvalue weighted by atomic mass is 9.92. The summed E-state index contributed by atoms with van der Waals surface area (Å²) in [4.78, 5) is 2.51. The fourth-order valence-corrected chi connectivity index (χ4v) is 2.61. The van der Waals surface area contributed by atoms with Gasteiger partial charge in [0.05, 0.1) is 0 Å². The maximum atomic E-state index is 5.38. The summed E-state index contributed by atoms with van der Waals surface area (Å²) in [5, 5.41) is 3.38. The van der Waals surface area contributed by atoms with E-state index in [1.54, 1.807) is 0 Å². The first-order valence-corrected chi connectivity index (χ1v) is 6.52. The summed E-state index contributed by atoms with van der Waals surface area (Å²) in [7, 11) is 0. The van der Waals surface area contributed by atoms with Crippen molar-refractivity contribution < 1.29 is 4.74 Å². The molecule has 16 heavy (non-hydrogen) atoms. The predicted molar refractivity (Wildman–Crippen MR) is 66.6 cm³/mol. The Morgan fingerprint density at radius 2 is 1.94 bits per heavy atom.